The van der Waals surface area contributed by atoms with Gasteiger partial charge in [0.15, 0.2) is 5.76 Å². The van der Waals surface area contributed by atoms with Crippen molar-refractivity contribution in [3.63, 3.8) is 0 Å². The molecule has 156 valence electrons. The van der Waals surface area contributed by atoms with Crippen molar-refractivity contribution in [2.24, 2.45) is 5.73 Å². The van der Waals surface area contributed by atoms with Crippen LogP contribution in [0.5, 0.6) is 0 Å². The molecule has 1 aromatic carbocycles. The lowest BCUT2D eigenvalue weighted by atomic mass is 9.95. The van der Waals surface area contributed by atoms with E-state index in [0.29, 0.717) is 27.6 Å². The Bertz CT molecular complexity index is 1070. The Balaban J connectivity index is 1.33. The normalized spacial score (nSPS) is 13.1. The first-order chi connectivity index (χ1) is 14.5. The second-order valence-electron chi connectivity index (χ2n) is 7.01. The number of aromatic nitrogens is 1. The van der Waals surface area contributed by atoms with Crippen LogP contribution in [-0.2, 0) is 29.0 Å². The van der Waals surface area contributed by atoms with E-state index in [-0.39, 0.29) is 24.9 Å². The fraction of sp³-hybridized carbons (Fsp3) is 0.286. The molecule has 2 heterocycles. The van der Waals surface area contributed by atoms with Crippen molar-refractivity contribution in [2.75, 3.05) is 11.9 Å². The largest absolute Gasteiger partial charge is 0.365 e. The van der Waals surface area contributed by atoms with E-state index in [1.54, 1.807) is 18.2 Å². The molecule has 2 amide bonds. The molecule has 0 fully saturated rings. The molecule has 7 nitrogen and oxygen atoms in total. The number of halogens is 1. The van der Waals surface area contributed by atoms with E-state index in [9.17, 15) is 14.0 Å². The molecule has 0 spiro atoms. The van der Waals surface area contributed by atoms with Gasteiger partial charge in [-0.05, 0) is 55.5 Å². The number of aryl methyl sites for hydroxylation is 1. The van der Waals surface area contributed by atoms with E-state index < -0.39 is 5.91 Å². The van der Waals surface area contributed by atoms with Gasteiger partial charge in [-0.2, -0.15) is 0 Å². The summed E-state index contributed by atoms with van der Waals surface area (Å²) in [4.78, 5) is 25.3. The summed E-state index contributed by atoms with van der Waals surface area (Å²) in [6.07, 6.45) is 3.78. The zero-order chi connectivity index (χ0) is 21.1. The molecule has 1 aliphatic rings. The van der Waals surface area contributed by atoms with Crippen LogP contribution in [0.25, 0.3) is 11.3 Å². The van der Waals surface area contributed by atoms with E-state index in [0.717, 1.165) is 36.1 Å². The number of rotatable bonds is 7. The number of primary amides is 1. The second kappa shape index (κ2) is 8.76. The molecule has 0 saturated heterocycles. The van der Waals surface area contributed by atoms with Crippen LogP contribution in [-0.4, -0.2) is 23.6 Å². The van der Waals surface area contributed by atoms with Gasteiger partial charge in [0.05, 0.1) is 12.2 Å². The van der Waals surface area contributed by atoms with Crippen LogP contribution in [0.15, 0.2) is 34.9 Å². The van der Waals surface area contributed by atoms with Gasteiger partial charge in [-0.15, -0.1) is 11.3 Å². The third-order valence-electron chi connectivity index (χ3n) is 4.84. The molecular formula is C21H20FN3O4S. The highest BCUT2D eigenvalue weighted by Crippen LogP contribution is 2.37. The van der Waals surface area contributed by atoms with Crippen LogP contribution in [0.2, 0.25) is 0 Å². The molecule has 0 bridgehead atoms. The molecule has 2 aromatic heterocycles. The predicted molar refractivity (Wildman–Crippen MR) is 110 cm³/mol. The molecule has 0 unspecified atom stereocenters. The fourth-order valence-corrected chi connectivity index (χ4v) is 4.77. The fourth-order valence-electron chi connectivity index (χ4n) is 3.46. The molecular weight excluding hydrogens is 409 g/mol. The highest BCUT2D eigenvalue weighted by Gasteiger charge is 2.25. The van der Waals surface area contributed by atoms with Crippen LogP contribution < -0.4 is 11.1 Å². The van der Waals surface area contributed by atoms with Gasteiger partial charge in [0.2, 0.25) is 0 Å². The molecule has 3 N–H and O–H groups in total. The average Bonchev–Trinajstić information content (AvgIpc) is 3.32. The molecule has 30 heavy (non-hydrogen) atoms. The summed E-state index contributed by atoms with van der Waals surface area (Å²) in [5.41, 5.74) is 8.12. The molecule has 0 radical (unpaired) electrons. The number of thiophene rings is 1. The second-order valence-corrected chi connectivity index (χ2v) is 8.11. The van der Waals surface area contributed by atoms with E-state index in [1.807, 2.05) is 0 Å². The van der Waals surface area contributed by atoms with Crippen LogP contribution >= 0.6 is 11.3 Å². The Kier molecular flexibility index (Phi) is 5.91. The minimum atomic E-state index is -0.526. The van der Waals surface area contributed by atoms with Crippen molar-refractivity contribution < 1.29 is 23.2 Å². The first kappa shape index (κ1) is 20.2. The molecule has 3 aromatic rings. The first-order valence-electron chi connectivity index (χ1n) is 9.54. The van der Waals surface area contributed by atoms with Gasteiger partial charge in [-0.1, -0.05) is 5.16 Å². The quantitative estimate of drug-likeness (QED) is 0.596. The number of nitrogens with two attached hydrogens (primary N) is 1. The Labute approximate surface area is 176 Å². The minimum Gasteiger partial charge on any atom is -0.365 e. The zero-order valence-corrected chi connectivity index (χ0v) is 16.9. The number of nitrogens with one attached hydrogen (secondary N) is 1. The Morgan fingerprint density at radius 3 is 2.77 bits per heavy atom. The van der Waals surface area contributed by atoms with Gasteiger partial charge >= 0.3 is 0 Å². The van der Waals surface area contributed by atoms with Crippen molar-refractivity contribution in [1.82, 2.24) is 5.16 Å². The summed E-state index contributed by atoms with van der Waals surface area (Å²) < 4.78 is 23.7. The number of carbonyl (C=O) groups excluding carboxylic acids is 2. The number of nitrogens with zero attached hydrogens (tertiary/aromatic N) is 1. The summed E-state index contributed by atoms with van der Waals surface area (Å²) in [6.45, 7) is -0.138. The Morgan fingerprint density at radius 2 is 2.00 bits per heavy atom. The zero-order valence-electron chi connectivity index (χ0n) is 16.1. The number of amides is 2. The molecule has 0 atom stereocenters. The minimum absolute atomic E-state index is 0.0712. The maximum Gasteiger partial charge on any atom is 0.251 e. The summed E-state index contributed by atoms with van der Waals surface area (Å²) in [6, 6.07) is 7.52. The molecule has 4 rings (SSSR count). The predicted octanol–water partition coefficient (Wildman–Crippen LogP) is 3.68. The maximum atomic E-state index is 13.0. The van der Waals surface area contributed by atoms with Gasteiger partial charge in [-0.3, -0.25) is 9.59 Å². The Morgan fingerprint density at radius 1 is 1.23 bits per heavy atom. The van der Waals surface area contributed by atoms with Gasteiger partial charge < -0.3 is 20.3 Å². The average molecular weight is 429 g/mol. The highest BCUT2D eigenvalue weighted by molar-refractivity contribution is 7.17. The van der Waals surface area contributed by atoms with E-state index in [1.165, 1.54) is 23.5 Å². The summed E-state index contributed by atoms with van der Waals surface area (Å²) in [5.74, 6) is -0.757. The van der Waals surface area contributed by atoms with Crippen LogP contribution in [0.1, 0.15) is 39.3 Å². The standard InChI is InChI=1S/C21H20FN3O4S/c22-13-7-5-12(6-8-13)16-9-14(25-29-16)10-28-11-18(26)24-21-19(20(23)27)15-3-1-2-4-17(15)30-21/h5-9H,1-4,10-11H2,(H2,23,27)(H,24,26). The van der Waals surface area contributed by atoms with Crippen molar-refractivity contribution in [1.29, 1.82) is 0 Å². The van der Waals surface area contributed by atoms with Gasteiger partial charge in [-0.25, -0.2) is 4.39 Å². The lowest BCUT2D eigenvalue weighted by Crippen LogP contribution is -2.21. The number of anilines is 1. The SMILES string of the molecule is NC(=O)c1c(NC(=O)COCc2cc(-c3ccc(F)cc3)on2)sc2c1CCCC2. The molecule has 0 saturated carbocycles. The van der Waals surface area contributed by atoms with Gasteiger partial charge in [0, 0.05) is 16.5 Å². The maximum absolute atomic E-state index is 13.0. The van der Waals surface area contributed by atoms with E-state index >= 15 is 0 Å². The number of benzene rings is 1. The van der Waals surface area contributed by atoms with Crippen molar-refractivity contribution in [3.05, 3.63) is 57.8 Å². The molecule has 0 aliphatic heterocycles. The Hall–Kier alpha value is -3.04. The smallest absolute Gasteiger partial charge is 0.251 e. The lowest BCUT2D eigenvalue weighted by Gasteiger charge is -2.11. The van der Waals surface area contributed by atoms with Gasteiger partial charge in [0.25, 0.3) is 11.8 Å². The van der Waals surface area contributed by atoms with Crippen molar-refractivity contribution >= 4 is 28.2 Å². The third kappa shape index (κ3) is 4.42. The van der Waals surface area contributed by atoms with Crippen LogP contribution in [0, 0.1) is 5.82 Å². The molecule has 1 aliphatic carbocycles. The van der Waals surface area contributed by atoms with E-state index in [4.69, 9.17) is 15.0 Å². The number of ether oxygens (including phenoxy) is 1. The van der Waals surface area contributed by atoms with Crippen molar-refractivity contribution in [3.8, 4) is 11.3 Å². The van der Waals surface area contributed by atoms with Crippen LogP contribution in [0.4, 0.5) is 9.39 Å². The number of fused-ring (bicyclic) bond motifs is 1. The number of hydrogen-bond donors (Lipinski definition) is 2. The lowest BCUT2D eigenvalue weighted by molar-refractivity contribution is -0.121. The molecule has 9 heteroatoms. The highest BCUT2D eigenvalue weighted by atomic mass is 32.1. The number of hydrogen-bond acceptors (Lipinski definition) is 6. The summed E-state index contributed by atoms with van der Waals surface area (Å²) in [5, 5.41) is 7.13. The monoisotopic (exact) mass is 429 g/mol. The van der Waals surface area contributed by atoms with Crippen molar-refractivity contribution in [2.45, 2.75) is 32.3 Å². The number of carbonyl (C=O) groups is 2. The summed E-state index contributed by atoms with van der Waals surface area (Å²) in [7, 11) is 0. The first-order valence-corrected chi connectivity index (χ1v) is 10.4. The van der Waals surface area contributed by atoms with Gasteiger partial charge in [0.1, 0.15) is 23.1 Å². The van der Waals surface area contributed by atoms with E-state index in [2.05, 4.69) is 10.5 Å². The van der Waals surface area contributed by atoms with Crippen LogP contribution in [0.3, 0.4) is 0 Å². The summed E-state index contributed by atoms with van der Waals surface area (Å²) >= 11 is 1.41. The topological polar surface area (TPSA) is 107 Å². The third-order valence-corrected chi connectivity index (χ3v) is 6.05.